The zero-order valence-electron chi connectivity index (χ0n) is 8.70. The van der Waals surface area contributed by atoms with Crippen LogP contribution in [0.5, 0.6) is 0 Å². The lowest BCUT2D eigenvalue weighted by Crippen LogP contribution is -2.13. The van der Waals surface area contributed by atoms with Crippen LogP contribution >= 0.6 is 0 Å². The van der Waals surface area contributed by atoms with Crippen molar-refractivity contribution in [2.75, 3.05) is 6.61 Å². The molecule has 0 spiro atoms. The van der Waals surface area contributed by atoms with Crippen molar-refractivity contribution in [2.24, 2.45) is 0 Å². The molecule has 1 aliphatic carbocycles. The number of carbonyl (C=O) groups is 1. The molecule has 1 fully saturated rings. The first kappa shape index (κ1) is 11.1. The van der Waals surface area contributed by atoms with Gasteiger partial charge in [0, 0.05) is 0 Å². The van der Waals surface area contributed by atoms with Crippen LogP contribution in [0.25, 0.3) is 0 Å². The molecule has 0 heterocycles. The van der Waals surface area contributed by atoms with E-state index in [0.717, 1.165) is 12.8 Å². The Labute approximate surface area is 85.1 Å². The molecular formula is C11H18O3. The maximum atomic E-state index is 10.9. The summed E-state index contributed by atoms with van der Waals surface area (Å²) >= 11 is 0. The summed E-state index contributed by atoms with van der Waals surface area (Å²) in [6.07, 6.45) is 9.10. The zero-order valence-corrected chi connectivity index (χ0v) is 8.70. The smallest absolute Gasteiger partial charge is 0.333 e. The third-order valence-electron chi connectivity index (χ3n) is 2.31. The molecule has 0 saturated heterocycles. The minimum atomic E-state index is -0.330. The molecule has 14 heavy (non-hydrogen) atoms. The van der Waals surface area contributed by atoms with Crippen LogP contribution in [0.1, 0.15) is 39.0 Å². The van der Waals surface area contributed by atoms with Crippen molar-refractivity contribution >= 4 is 5.97 Å². The van der Waals surface area contributed by atoms with E-state index in [1.807, 2.05) is 0 Å². The van der Waals surface area contributed by atoms with E-state index >= 15 is 0 Å². The molecule has 1 aliphatic rings. The fourth-order valence-corrected chi connectivity index (χ4v) is 1.60. The molecule has 0 aromatic heterocycles. The highest BCUT2D eigenvalue weighted by atomic mass is 16.5. The first-order chi connectivity index (χ1) is 6.83. The van der Waals surface area contributed by atoms with Gasteiger partial charge >= 0.3 is 5.97 Å². The number of ether oxygens (including phenoxy) is 2. The lowest BCUT2D eigenvalue weighted by Gasteiger charge is -2.20. The fraction of sp³-hybridized carbons (Fsp3) is 0.727. The van der Waals surface area contributed by atoms with E-state index in [-0.39, 0.29) is 5.97 Å². The molecule has 1 rings (SSSR count). The molecule has 0 radical (unpaired) electrons. The van der Waals surface area contributed by atoms with Crippen LogP contribution < -0.4 is 0 Å². The largest absolute Gasteiger partial charge is 0.498 e. The van der Waals surface area contributed by atoms with Crippen molar-refractivity contribution in [3.05, 3.63) is 12.3 Å². The van der Waals surface area contributed by atoms with Crippen LogP contribution in [0.4, 0.5) is 0 Å². The number of esters is 1. The number of rotatable bonds is 4. The molecule has 0 aromatic carbocycles. The molecule has 3 heteroatoms. The maximum absolute atomic E-state index is 10.9. The summed E-state index contributed by atoms with van der Waals surface area (Å²) in [6, 6.07) is 0. The second-order valence-corrected chi connectivity index (χ2v) is 3.45. The van der Waals surface area contributed by atoms with E-state index in [1.54, 1.807) is 6.92 Å². The van der Waals surface area contributed by atoms with Gasteiger partial charge in [-0.15, -0.1) is 0 Å². The Kier molecular flexibility index (Phi) is 5.12. The highest BCUT2D eigenvalue weighted by Crippen LogP contribution is 2.20. The minimum Gasteiger partial charge on any atom is -0.498 e. The number of hydrogen-bond donors (Lipinski definition) is 0. The highest BCUT2D eigenvalue weighted by Gasteiger charge is 2.12. The molecule has 0 bridgehead atoms. The zero-order chi connectivity index (χ0) is 10.2. The predicted molar refractivity (Wildman–Crippen MR) is 53.7 cm³/mol. The van der Waals surface area contributed by atoms with Gasteiger partial charge in [-0.3, -0.25) is 0 Å². The number of hydrogen-bond acceptors (Lipinski definition) is 3. The molecule has 0 aromatic rings. The van der Waals surface area contributed by atoms with E-state index in [4.69, 9.17) is 9.47 Å². The molecule has 0 aliphatic heterocycles. The fourth-order valence-electron chi connectivity index (χ4n) is 1.60. The quantitative estimate of drug-likeness (QED) is 0.395. The third-order valence-corrected chi connectivity index (χ3v) is 2.31. The van der Waals surface area contributed by atoms with Crippen molar-refractivity contribution in [3.63, 3.8) is 0 Å². The van der Waals surface area contributed by atoms with E-state index in [2.05, 4.69) is 0 Å². The molecule has 80 valence electrons. The van der Waals surface area contributed by atoms with Crippen LogP contribution in [0, 0.1) is 0 Å². The van der Waals surface area contributed by atoms with Gasteiger partial charge in [-0.1, -0.05) is 6.42 Å². The van der Waals surface area contributed by atoms with Gasteiger partial charge in [-0.25, -0.2) is 4.79 Å². The van der Waals surface area contributed by atoms with E-state index in [9.17, 15) is 4.79 Å². The van der Waals surface area contributed by atoms with Crippen LogP contribution in [-0.4, -0.2) is 18.7 Å². The van der Waals surface area contributed by atoms with Gasteiger partial charge in [-0.05, 0) is 32.6 Å². The summed E-state index contributed by atoms with van der Waals surface area (Å²) in [6.45, 7) is 2.19. The Balaban J connectivity index is 2.14. The Morgan fingerprint density at radius 2 is 2.07 bits per heavy atom. The van der Waals surface area contributed by atoms with Crippen molar-refractivity contribution in [1.29, 1.82) is 0 Å². The Morgan fingerprint density at radius 1 is 1.36 bits per heavy atom. The van der Waals surface area contributed by atoms with Crippen molar-refractivity contribution in [2.45, 2.75) is 45.1 Å². The van der Waals surface area contributed by atoms with Crippen LogP contribution in [-0.2, 0) is 14.3 Å². The molecular weight excluding hydrogens is 180 g/mol. The second-order valence-electron chi connectivity index (χ2n) is 3.45. The second kappa shape index (κ2) is 6.46. The number of carbonyl (C=O) groups excluding carboxylic acids is 1. The van der Waals surface area contributed by atoms with Crippen molar-refractivity contribution in [3.8, 4) is 0 Å². The summed E-state index contributed by atoms with van der Waals surface area (Å²) in [4.78, 5) is 10.9. The minimum absolute atomic E-state index is 0.300. The lowest BCUT2D eigenvalue weighted by atomic mass is 9.98. The Hall–Kier alpha value is -0.990. The van der Waals surface area contributed by atoms with Crippen LogP contribution in [0.2, 0.25) is 0 Å². The summed E-state index contributed by atoms with van der Waals surface area (Å²) < 4.78 is 10.1. The molecule has 1 saturated carbocycles. The summed E-state index contributed by atoms with van der Waals surface area (Å²) in [5.74, 6) is -0.330. The third kappa shape index (κ3) is 4.30. The molecule has 0 atom stereocenters. The van der Waals surface area contributed by atoms with Gasteiger partial charge in [0.05, 0.1) is 25.0 Å². The van der Waals surface area contributed by atoms with Crippen molar-refractivity contribution in [1.82, 2.24) is 0 Å². The topological polar surface area (TPSA) is 35.5 Å². The lowest BCUT2D eigenvalue weighted by molar-refractivity contribution is -0.137. The Bertz CT molecular complexity index is 193. The van der Waals surface area contributed by atoms with Gasteiger partial charge in [0.1, 0.15) is 0 Å². The first-order valence-corrected chi connectivity index (χ1v) is 5.31. The summed E-state index contributed by atoms with van der Waals surface area (Å²) in [5.41, 5.74) is 0. The van der Waals surface area contributed by atoms with Crippen molar-refractivity contribution < 1.29 is 14.3 Å². The Morgan fingerprint density at radius 3 is 2.71 bits per heavy atom. The molecule has 0 amide bonds. The SMILES string of the molecule is CCOC(=O)C=COC1CCCCC1. The average molecular weight is 198 g/mol. The van der Waals surface area contributed by atoms with E-state index in [0.29, 0.717) is 12.7 Å². The van der Waals surface area contributed by atoms with Crippen LogP contribution in [0.3, 0.4) is 0 Å². The first-order valence-electron chi connectivity index (χ1n) is 5.31. The van der Waals surface area contributed by atoms with Gasteiger partial charge in [0.2, 0.25) is 0 Å². The molecule has 0 N–H and O–H groups in total. The van der Waals surface area contributed by atoms with Gasteiger partial charge < -0.3 is 9.47 Å². The van der Waals surface area contributed by atoms with Gasteiger partial charge in [0.15, 0.2) is 0 Å². The maximum Gasteiger partial charge on any atom is 0.333 e. The molecule has 3 nitrogen and oxygen atoms in total. The molecule has 0 unspecified atom stereocenters. The van der Waals surface area contributed by atoms with E-state index in [1.165, 1.54) is 31.6 Å². The van der Waals surface area contributed by atoms with Gasteiger partial charge in [-0.2, -0.15) is 0 Å². The standard InChI is InChI=1S/C11H18O3/c1-2-13-11(12)8-9-14-10-6-4-3-5-7-10/h8-10H,2-7H2,1H3. The average Bonchev–Trinajstić information content (AvgIpc) is 2.20. The van der Waals surface area contributed by atoms with E-state index < -0.39 is 0 Å². The van der Waals surface area contributed by atoms with Gasteiger partial charge in [0.25, 0.3) is 0 Å². The predicted octanol–water partition coefficient (Wildman–Crippen LogP) is 2.41. The summed E-state index contributed by atoms with van der Waals surface area (Å²) in [7, 11) is 0. The normalized spacial score (nSPS) is 18.4. The highest BCUT2D eigenvalue weighted by molar-refractivity contribution is 5.81. The monoisotopic (exact) mass is 198 g/mol. The summed E-state index contributed by atoms with van der Waals surface area (Å²) in [5, 5.41) is 0. The van der Waals surface area contributed by atoms with Crippen LogP contribution in [0.15, 0.2) is 12.3 Å².